The minimum Gasteiger partial charge on any atom is -0.373 e. The van der Waals surface area contributed by atoms with Gasteiger partial charge in [0.1, 0.15) is 17.0 Å². The molecule has 0 bridgehead atoms. The number of hydrogen-bond acceptors (Lipinski definition) is 8. The Morgan fingerprint density at radius 3 is 2.81 bits per heavy atom. The number of carbonyl (C=O) groups excluding carboxylic acids is 1. The van der Waals surface area contributed by atoms with Gasteiger partial charge in [0.25, 0.3) is 5.91 Å². The van der Waals surface area contributed by atoms with Crippen molar-refractivity contribution in [3.8, 4) is 11.4 Å². The highest BCUT2D eigenvalue weighted by molar-refractivity contribution is 5.94. The third-order valence-corrected chi connectivity index (χ3v) is 6.55. The van der Waals surface area contributed by atoms with Gasteiger partial charge in [-0.15, -0.1) is 5.10 Å². The number of nitrogens with zero attached hydrogens (tertiary/aromatic N) is 6. The highest BCUT2D eigenvalue weighted by atomic mass is 19.1. The maximum absolute atomic E-state index is 14.9. The molecule has 182 valence electrons. The summed E-state index contributed by atoms with van der Waals surface area (Å²) in [4.78, 5) is 28.7. The van der Waals surface area contributed by atoms with Crippen LogP contribution in [0.5, 0.6) is 0 Å². The molecular formula is C26H24FN7O2. The number of anilines is 1. The van der Waals surface area contributed by atoms with E-state index in [2.05, 4.69) is 25.4 Å². The Kier molecular flexibility index (Phi) is 5.52. The van der Waals surface area contributed by atoms with E-state index < -0.39 is 5.67 Å². The molecule has 0 radical (unpaired) electrons. The van der Waals surface area contributed by atoms with Gasteiger partial charge in [-0.25, -0.2) is 14.4 Å². The number of halogens is 1. The molecule has 0 saturated carbocycles. The van der Waals surface area contributed by atoms with Gasteiger partial charge in [0.15, 0.2) is 5.67 Å². The highest BCUT2D eigenvalue weighted by Crippen LogP contribution is 2.34. The maximum atomic E-state index is 14.9. The number of hydrogen-bond donors (Lipinski definition) is 1. The molecule has 0 spiro atoms. The minimum absolute atomic E-state index is 0.0269. The monoisotopic (exact) mass is 485 g/mol. The number of rotatable bonds is 5. The second-order valence-electron chi connectivity index (χ2n) is 9.28. The molecule has 2 aliphatic heterocycles. The molecule has 3 aromatic heterocycles. The van der Waals surface area contributed by atoms with Gasteiger partial charge >= 0.3 is 0 Å². The number of carbonyl (C=O) groups is 1. The first-order valence-corrected chi connectivity index (χ1v) is 11.9. The maximum Gasteiger partial charge on any atom is 0.251 e. The zero-order chi connectivity index (χ0) is 24.7. The summed E-state index contributed by atoms with van der Waals surface area (Å²) < 4.78 is 20.2. The molecule has 9 nitrogen and oxygen atoms in total. The van der Waals surface area contributed by atoms with E-state index in [0.717, 1.165) is 30.9 Å². The topological polar surface area (TPSA) is 106 Å². The second kappa shape index (κ2) is 8.87. The standard InChI is InChI=1S/C26H24FN7O2/c1-26(27)15-36-14-17-4-3-16(9-19(17)26)25(35)29-11-18-10-22-21(33-32-18)6-5-20(30-22)23-12-28-13-24(31-23)34-7-2-8-34/h3-6,9-10,12-13H,2,7-8,11,14-15H2,1H3,(H,29,35)/t26-/m1/s1. The van der Waals surface area contributed by atoms with Gasteiger partial charge in [0.2, 0.25) is 0 Å². The molecule has 0 unspecified atom stereocenters. The second-order valence-corrected chi connectivity index (χ2v) is 9.28. The fraction of sp³-hybridized carbons (Fsp3) is 0.308. The van der Waals surface area contributed by atoms with Crippen LogP contribution in [0.4, 0.5) is 10.2 Å². The van der Waals surface area contributed by atoms with E-state index >= 15 is 0 Å². The lowest BCUT2D eigenvalue weighted by molar-refractivity contribution is -0.00467. The Bertz CT molecular complexity index is 1470. The number of benzene rings is 1. The van der Waals surface area contributed by atoms with Gasteiger partial charge in [-0.05, 0) is 54.8 Å². The normalized spacial score (nSPS) is 19.0. The van der Waals surface area contributed by atoms with E-state index in [9.17, 15) is 9.18 Å². The van der Waals surface area contributed by atoms with E-state index in [4.69, 9.17) is 14.7 Å². The SMILES string of the molecule is C[C@@]1(F)COCc2ccc(C(=O)NCc3cc4nc(-c5cncc(N6CCC6)n5)ccc4nn3)cc21. The van der Waals surface area contributed by atoms with E-state index in [1.807, 2.05) is 12.1 Å². The van der Waals surface area contributed by atoms with Crippen LogP contribution < -0.4 is 10.2 Å². The molecule has 1 saturated heterocycles. The van der Waals surface area contributed by atoms with Crippen LogP contribution in [0, 0.1) is 0 Å². The van der Waals surface area contributed by atoms with Gasteiger partial charge in [-0.1, -0.05) is 6.07 Å². The van der Waals surface area contributed by atoms with E-state index in [1.54, 1.807) is 36.7 Å². The Labute approximate surface area is 206 Å². The molecule has 4 aromatic rings. The lowest BCUT2D eigenvalue weighted by atomic mass is 9.90. The molecule has 1 N–H and O–H groups in total. The molecule has 0 aliphatic carbocycles. The summed E-state index contributed by atoms with van der Waals surface area (Å²) in [7, 11) is 0. The molecule has 6 rings (SSSR count). The molecule has 2 aliphatic rings. The van der Waals surface area contributed by atoms with Gasteiger partial charge < -0.3 is 15.0 Å². The number of pyridine rings is 1. The summed E-state index contributed by atoms with van der Waals surface area (Å²) in [5.41, 5.74) is 3.21. The third kappa shape index (κ3) is 4.24. The number of alkyl halides is 1. The first-order valence-electron chi connectivity index (χ1n) is 11.9. The van der Waals surface area contributed by atoms with Crippen LogP contribution in [-0.4, -0.2) is 50.8 Å². The van der Waals surface area contributed by atoms with Crippen molar-refractivity contribution in [1.82, 2.24) is 30.5 Å². The van der Waals surface area contributed by atoms with Crippen molar-refractivity contribution in [2.45, 2.75) is 32.2 Å². The highest BCUT2D eigenvalue weighted by Gasteiger charge is 2.33. The molecule has 36 heavy (non-hydrogen) atoms. The summed E-state index contributed by atoms with van der Waals surface area (Å²) in [5.74, 6) is 0.529. The van der Waals surface area contributed by atoms with Gasteiger partial charge in [0, 0.05) is 18.7 Å². The molecule has 1 atom stereocenters. The Morgan fingerprint density at radius 1 is 1.08 bits per heavy atom. The fourth-order valence-electron chi connectivity index (χ4n) is 4.40. The fourth-order valence-corrected chi connectivity index (χ4v) is 4.40. The lowest BCUT2D eigenvalue weighted by Gasteiger charge is -2.31. The molecule has 10 heteroatoms. The minimum atomic E-state index is -1.63. The van der Waals surface area contributed by atoms with Crippen LogP contribution in [0.1, 0.15) is 40.5 Å². The first kappa shape index (κ1) is 22.4. The molecule has 1 aromatic carbocycles. The molecule has 5 heterocycles. The van der Waals surface area contributed by atoms with Crippen LogP contribution in [0.25, 0.3) is 22.4 Å². The Balaban J connectivity index is 1.20. The van der Waals surface area contributed by atoms with Crippen molar-refractivity contribution in [2.75, 3.05) is 24.6 Å². The number of amides is 1. The van der Waals surface area contributed by atoms with E-state index in [1.165, 1.54) is 6.92 Å². The quantitative estimate of drug-likeness (QED) is 0.459. The average Bonchev–Trinajstić information content (AvgIpc) is 2.86. The van der Waals surface area contributed by atoms with Crippen LogP contribution in [0.3, 0.4) is 0 Å². The van der Waals surface area contributed by atoms with Crippen molar-refractivity contribution in [3.05, 3.63) is 71.2 Å². The largest absolute Gasteiger partial charge is 0.373 e. The van der Waals surface area contributed by atoms with E-state index in [-0.39, 0.29) is 19.1 Å². The van der Waals surface area contributed by atoms with Crippen LogP contribution >= 0.6 is 0 Å². The van der Waals surface area contributed by atoms with Gasteiger partial charge in [0.05, 0.1) is 49.1 Å². The van der Waals surface area contributed by atoms with Crippen LogP contribution in [-0.2, 0) is 23.6 Å². The van der Waals surface area contributed by atoms with Gasteiger partial charge in [-0.3, -0.25) is 9.78 Å². The van der Waals surface area contributed by atoms with Crippen molar-refractivity contribution >= 4 is 22.8 Å². The number of aromatic nitrogens is 5. The summed E-state index contributed by atoms with van der Waals surface area (Å²) >= 11 is 0. The predicted molar refractivity (Wildman–Crippen MR) is 131 cm³/mol. The average molecular weight is 486 g/mol. The van der Waals surface area contributed by atoms with Crippen molar-refractivity contribution in [2.24, 2.45) is 0 Å². The van der Waals surface area contributed by atoms with Gasteiger partial charge in [-0.2, -0.15) is 5.10 Å². The van der Waals surface area contributed by atoms with Crippen molar-refractivity contribution in [3.63, 3.8) is 0 Å². The number of nitrogens with one attached hydrogen (secondary N) is 1. The lowest BCUT2D eigenvalue weighted by Crippen LogP contribution is -2.37. The first-order chi connectivity index (χ1) is 17.5. The predicted octanol–water partition coefficient (Wildman–Crippen LogP) is 3.34. The van der Waals surface area contributed by atoms with Crippen LogP contribution in [0.2, 0.25) is 0 Å². The van der Waals surface area contributed by atoms with Crippen LogP contribution in [0.15, 0.2) is 48.8 Å². The summed E-state index contributed by atoms with van der Waals surface area (Å²) in [6, 6.07) is 10.5. The summed E-state index contributed by atoms with van der Waals surface area (Å²) in [6.45, 7) is 3.91. The number of fused-ring (bicyclic) bond motifs is 2. The number of ether oxygens (including phenoxy) is 1. The van der Waals surface area contributed by atoms with Crippen molar-refractivity contribution < 1.29 is 13.9 Å². The Hall–Kier alpha value is -4.05. The van der Waals surface area contributed by atoms with Crippen molar-refractivity contribution in [1.29, 1.82) is 0 Å². The summed E-state index contributed by atoms with van der Waals surface area (Å²) in [5, 5.41) is 11.3. The molecule has 1 fully saturated rings. The summed E-state index contributed by atoms with van der Waals surface area (Å²) in [6.07, 6.45) is 4.62. The molecule has 1 amide bonds. The Morgan fingerprint density at radius 2 is 1.97 bits per heavy atom. The zero-order valence-corrected chi connectivity index (χ0v) is 19.7. The van der Waals surface area contributed by atoms with E-state index in [0.29, 0.717) is 45.8 Å². The molecular weight excluding hydrogens is 461 g/mol. The zero-order valence-electron chi connectivity index (χ0n) is 19.7. The third-order valence-electron chi connectivity index (χ3n) is 6.55. The smallest absolute Gasteiger partial charge is 0.251 e.